The van der Waals surface area contributed by atoms with E-state index in [0.717, 1.165) is 16.8 Å². The van der Waals surface area contributed by atoms with E-state index in [4.69, 9.17) is 4.74 Å². The number of carbonyl (C=O) groups is 2. The van der Waals surface area contributed by atoms with Crippen LogP contribution in [-0.2, 0) is 6.18 Å². The number of alkyl halides is 3. The fourth-order valence-electron chi connectivity index (χ4n) is 2.93. The Morgan fingerprint density at radius 1 is 1.06 bits per heavy atom. The molecule has 0 saturated carbocycles. The van der Waals surface area contributed by atoms with Gasteiger partial charge in [-0.05, 0) is 44.2 Å². The minimum Gasteiger partial charge on any atom is -0.493 e. The van der Waals surface area contributed by atoms with Crippen molar-refractivity contribution in [1.82, 2.24) is 15.1 Å². The van der Waals surface area contributed by atoms with Crippen molar-refractivity contribution >= 4 is 17.5 Å². The number of amides is 2. The molecule has 10 heteroatoms. The molecule has 0 radical (unpaired) electrons. The highest BCUT2D eigenvalue weighted by atomic mass is 19.4. The summed E-state index contributed by atoms with van der Waals surface area (Å²) in [5.41, 5.74) is -0.379. The van der Waals surface area contributed by atoms with Gasteiger partial charge in [-0.15, -0.1) is 0 Å². The van der Waals surface area contributed by atoms with Crippen molar-refractivity contribution in [3.63, 3.8) is 0 Å². The van der Waals surface area contributed by atoms with Gasteiger partial charge in [0.1, 0.15) is 0 Å². The summed E-state index contributed by atoms with van der Waals surface area (Å²) in [5, 5.41) is 9.48. The van der Waals surface area contributed by atoms with Crippen molar-refractivity contribution in [1.29, 1.82) is 0 Å². The second kappa shape index (κ2) is 9.13. The van der Waals surface area contributed by atoms with Gasteiger partial charge < -0.3 is 15.4 Å². The number of ether oxygens (including phenoxy) is 1. The highest BCUT2D eigenvalue weighted by Gasteiger charge is 2.31. The van der Waals surface area contributed by atoms with Crippen molar-refractivity contribution in [3.8, 4) is 11.4 Å². The summed E-state index contributed by atoms with van der Waals surface area (Å²) in [6.45, 7) is 3.62. The average Bonchev–Trinajstić information content (AvgIpc) is 3.18. The zero-order valence-electron chi connectivity index (χ0n) is 17.5. The number of hydrogen-bond acceptors (Lipinski definition) is 4. The Morgan fingerprint density at radius 3 is 2.44 bits per heavy atom. The maximum Gasteiger partial charge on any atom is 0.416 e. The lowest BCUT2D eigenvalue weighted by molar-refractivity contribution is -0.137. The number of nitrogens with one attached hydrogen (secondary N) is 2. The Morgan fingerprint density at radius 2 is 1.78 bits per heavy atom. The maximum atomic E-state index is 13.0. The van der Waals surface area contributed by atoms with Crippen LogP contribution in [0.3, 0.4) is 0 Å². The van der Waals surface area contributed by atoms with Crippen molar-refractivity contribution in [2.75, 3.05) is 12.4 Å². The molecule has 2 N–H and O–H groups in total. The SMILES string of the molecule is COc1cn(-c2cccc(C(F)(F)F)c2)nc1C(=O)Nc1ccccc1C(=O)NC(C)C. The van der Waals surface area contributed by atoms with Gasteiger partial charge in [-0.3, -0.25) is 9.59 Å². The maximum absolute atomic E-state index is 13.0. The topological polar surface area (TPSA) is 85.2 Å². The third-order valence-electron chi connectivity index (χ3n) is 4.39. The first kappa shape index (κ1) is 22.9. The van der Waals surface area contributed by atoms with Gasteiger partial charge in [-0.25, -0.2) is 4.68 Å². The number of aromatic nitrogens is 2. The lowest BCUT2D eigenvalue weighted by Gasteiger charge is -2.13. The predicted molar refractivity (Wildman–Crippen MR) is 112 cm³/mol. The number of benzene rings is 2. The van der Waals surface area contributed by atoms with E-state index in [1.54, 1.807) is 24.3 Å². The summed E-state index contributed by atoms with van der Waals surface area (Å²) in [4.78, 5) is 25.3. The van der Waals surface area contributed by atoms with E-state index in [9.17, 15) is 22.8 Å². The monoisotopic (exact) mass is 446 g/mol. The van der Waals surface area contributed by atoms with Crippen molar-refractivity contribution < 1.29 is 27.5 Å². The standard InChI is InChI=1S/C22H21F3N4O3/c1-13(2)26-20(30)16-9-4-5-10-17(16)27-21(31)19-18(32-3)12-29(28-19)15-8-6-7-14(11-15)22(23,24)25/h4-13H,1-3H3,(H,26,30)(H,27,31). The molecule has 2 amide bonds. The molecule has 1 aromatic heterocycles. The highest BCUT2D eigenvalue weighted by molar-refractivity contribution is 6.09. The highest BCUT2D eigenvalue weighted by Crippen LogP contribution is 2.31. The minimum absolute atomic E-state index is 0.0593. The number of rotatable bonds is 6. The van der Waals surface area contributed by atoms with Gasteiger partial charge in [0.05, 0.1) is 35.8 Å². The Balaban J connectivity index is 1.91. The Bertz CT molecular complexity index is 1140. The van der Waals surface area contributed by atoms with Gasteiger partial charge >= 0.3 is 6.18 Å². The van der Waals surface area contributed by atoms with Crippen LogP contribution in [0, 0.1) is 0 Å². The first-order valence-electron chi connectivity index (χ1n) is 9.62. The molecule has 0 aliphatic heterocycles. The molecule has 0 aliphatic rings. The summed E-state index contributed by atoms with van der Waals surface area (Å²) < 4.78 is 45.4. The molecule has 0 fully saturated rings. The smallest absolute Gasteiger partial charge is 0.416 e. The summed E-state index contributed by atoms with van der Waals surface area (Å²) in [6, 6.07) is 10.9. The number of carbonyl (C=O) groups excluding carboxylic acids is 2. The Labute approximate surface area is 182 Å². The van der Waals surface area contributed by atoms with Crippen LogP contribution in [-0.4, -0.2) is 34.7 Å². The molecule has 0 bridgehead atoms. The molecule has 32 heavy (non-hydrogen) atoms. The molecular formula is C22H21F3N4O3. The van der Waals surface area contributed by atoms with Gasteiger partial charge in [-0.2, -0.15) is 18.3 Å². The van der Waals surface area contributed by atoms with Gasteiger partial charge in [0.2, 0.25) is 0 Å². The van der Waals surface area contributed by atoms with E-state index in [2.05, 4.69) is 15.7 Å². The number of methoxy groups -OCH3 is 1. The van der Waals surface area contributed by atoms with Crippen molar-refractivity contribution in [3.05, 3.63) is 71.5 Å². The van der Waals surface area contributed by atoms with Crippen molar-refractivity contribution in [2.45, 2.75) is 26.1 Å². The zero-order chi connectivity index (χ0) is 23.5. The van der Waals surface area contributed by atoms with E-state index >= 15 is 0 Å². The fraction of sp³-hybridized carbons (Fsp3) is 0.227. The third kappa shape index (κ3) is 5.08. The van der Waals surface area contributed by atoms with Gasteiger partial charge in [-0.1, -0.05) is 18.2 Å². The molecule has 2 aromatic carbocycles. The summed E-state index contributed by atoms with van der Waals surface area (Å²) in [6.07, 6.45) is -3.21. The normalized spacial score (nSPS) is 11.3. The van der Waals surface area contributed by atoms with Crippen molar-refractivity contribution in [2.24, 2.45) is 0 Å². The molecule has 0 aliphatic carbocycles. The average molecular weight is 446 g/mol. The molecule has 0 saturated heterocycles. The molecule has 1 heterocycles. The molecule has 168 valence electrons. The molecule has 0 spiro atoms. The molecule has 0 atom stereocenters. The second-order valence-electron chi connectivity index (χ2n) is 7.17. The van der Waals surface area contributed by atoms with Crippen LogP contribution >= 0.6 is 0 Å². The minimum atomic E-state index is -4.52. The summed E-state index contributed by atoms with van der Waals surface area (Å²) in [7, 11) is 1.31. The van der Waals surface area contributed by atoms with Gasteiger partial charge in [0, 0.05) is 6.04 Å². The second-order valence-corrected chi connectivity index (χ2v) is 7.17. The summed E-state index contributed by atoms with van der Waals surface area (Å²) in [5.74, 6) is -0.987. The van der Waals surface area contributed by atoms with Crippen LogP contribution in [0.25, 0.3) is 5.69 Å². The molecule has 7 nitrogen and oxygen atoms in total. The lowest BCUT2D eigenvalue weighted by atomic mass is 10.1. The number of hydrogen-bond donors (Lipinski definition) is 2. The lowest BCUT2D eigenvalue weighted by Crippen LogP contribution is -2.31. The number of nitrogens with zero attached hydrogens (tertiary/aromatic N) is 2. The van der Waals surface area contributed by atoms with E-state index in [1.165, 1.54) is 25.4 Å². The van der Waals surface area contributed by atoms with Crippen LogP contribution in [0.5, 0.6) is 5.75 Å². The Hall–Kier alpha value is -3.82. The third-order valence-corrected chi connectivity index (χ3v) is 4.39. The summed E-state index contributed by atoms with van der Waals surface area (Å²) >= 11 is 0. The molecule has 3 rings (SSSR count). The first-order chi connectivity index (χ1) is 15.1. The van der Waals surface area contributed by atoms with Crippen LogP contribution in [0.1, 0.15) is 40.3 Å². The van der Waals surface area contributed by atoms with Crippen LogP contribution in [0.4, 0.5) is 18.9 Å². The van der Waals surface area contributed by atoms with E-state index in [-0.39, 0.29) is 40.3 Å². The quantitative estimate of drug-likeness (QED) is 0.592. The van der Waals surface area contributed by atoms with Gasteiger partial charge in [0.25, 0.3) is 11.8 Å². The van der Waals surface area contributed by atoms with Crippen LogP contribution in [0.2, 0.25) is 0 Å². The number of anilines is 1. The molecular weight excluding hydrogens is 425 g/mol. The van der Waals surface area contributed by atoms with Gasteiger partial charge in [0.15, 0.2) is 11.4 Å². The van der Waals surface area contributed by atoms with Crippen LogP contribution in [0.15, 0.2) is 54.7 Å². The largest absolute Gasteiger partial charge is 0.493 e. The number of halogens is 3. The Kier molecular flexibility index (Phi) is 6.52. The predicted octanol–water partition coefficient (Wildman–Crippen LogP) is 4.29. The zero-order valence-corrected chi connectivity index (χ0v) is 17.5. The van der Waals surface area contributed by atoms with E-state index in [0.29, 0.717) is 0 Å². The number of para-hydroxylation sites is 1. The fourth-order valence-corrected chi connectivity index (χ4v) is 2.93. The van der Waals surface area contributed by atoms with E-state index < -0.39 is 17.6 Å². The van der Waals surface area contributed by atoms with Crippen LogP contribution < -0.4 is 15.4 Å². The first-order valence-corrected chi connectivity index (χ1v) is 9.62. The van der Waals surface area contributed by atoms with E-state index in [1.807, 2.05) is 13.8 Å². The molecule has 0 unspecified atom stereocenters. The molecule has 3 aromatic rings.